The molecule has 2 unspecified atom stereocenters. The molecule has 0 aromatic carbocycles. The molecule has 1 aromatic rings. The quantitative estimate of drug-likeness (QED) is 0.196. The molecule has 0 amide bonds. The molecule has 0 aliphatic heterocycles. The van der Waals surface area contributed by atoms with Crippen LogP contribution >= 0.6 is 15.2 Å². The highest BCUT2D eigenvalue weighted by Gasteiger charge is 2.52. The smallest absolute Gasteiger partial charge is 0.305 e. The van der Waals surface area contributed by atoms with Crippen molar-refractivity contribution in [1.29, 1.82) is 0 Å². The summed E-state index contributed by atoms with van der Waals surface area (Å²) >= 11 is 0. The lowest BCUT2D eigenvalue weighted by atomic mass is 9.86. The molecule has 0 bridgehead atoms. The first-order valence-electron chi connectivity index (χ1n) is 12.6. The molecule has 0 radical (unpaired) electrons. The Kier molecular flexibility index (Phi) is 11.7. The lowest BCUT2D eigenvalue weighted by molar-refractivity contribution is 0.133. The summed E-state index contributed by atoms with van der Waals surface area (Å²) in [6.45, 7) is 22.7. The van der Waals surface area contributed by atoms with Gasteiger partial charge >= 0.3 is 15.2 Å². The van der Waals surface area contributed by atoms with Crippen LogP contribution in [0, 0.1) is 12.3 Å². The molecule has 1 rings (SSSR count). The summed E-state index contributed by atoms with van der Waals surface area (Å²) in [7, 11) is -8.13. The van der Waals surface area contributed by atoms with Crippen LogP contribution in [0.1, 0.15) is 100 Å². The molecule has 206 valence electrons. The number of rotatable bonds is 12. The molecule has 0 spiro atoms. The van der Waals surface area contributed by atoms with Gasteiger partial charge in [0.25, 0.3) is 0 Å². The van der Waals surface area contributed by atoms with Gasteiger partial charge in [0.2, 0.25) is 0 Å². The predicted molar refractivity (Wildman–Crippen MR) is 148 cm³/mol. The highest BCUT2D eigenvalue weighted by molar-refractivity contribution is 7.72. The molecular weight excluding hydrogens is 496 g/mol. The molecule has 0 aliphatic carbocycles. The van der Waals surface area contributed by atoms with E-state index < -0.39 is 38.9 Å². The van der Waals surface area contributed by atoms with Gasteiger partial charge in [-0.25, -0.2) is 0 Å². The van der Waals surface area contributed by atoms with Crippen molar-refractivity contribution in [2.75, 3.05) is 6.61 Å². The van der Waals surface area contributed by atoms with E-state index in [1.807, 2.05) is 12.1 Å². The number of aromatic nitrogens is 1. The van der Waals surface area contributed by atoms with E-state index in [1.165, 1.54) is 0 Å². The van der Waals surface area contributed by atoms with Crippen molar-refractivity contribution in [2.24, 2.45) is 0 Å². The van der Waals surface area contributed by atoms with Crippen LogP contribution in [0.3, 0.4) is 0 Å². The molecule has 0 saturated carbocycles. The summed E-state index contributed by atoms with van der Waals surface area (Å²) in [6, 6.07) is 3.91. The van der Waals surface area contributed by atoms with E-state index in [-0.39, 0.29) is 23.9 Å². The first kappa shape index (κ1) is 33.0. The third kappa shape index (κ3) is 9.71. The van der Waals surface area contributed by atoms with Crippen LogP contribution < -0.4 is 0 Å². The third-order valence-electron chi connectivity index (χ3n) is 4.97. The van der Waals surface area contributed by atoms with Gasteiger partial charge in [0.1, 0.15) is 6.61 Å². The fourth-order valence-corrected chi connectivity index (χ4v) is 9.11. The standard InChI is InChI=1S/C27H47NO6P2/c1-14-15-31-35(29,32-19(2)3)25(36(30,33-20(4)5)34-21(6)7)18-22-16-23(26(8,9)10)28-24(17-22)27(11,12)13/h1,16-17,19-21,25H,15,18H2,2-13H3. The minimum Gasteiger partial charge on any atom is -0.305 e. The second-order valence-electron chi connectivity index (χ2n) is 12.0. The monoisotopic (exact) mass is 543 g/mol. The fourth-order valence-electron chi connectivity index (χ4n) is 3.44. The Morgan fingerprint density at radius 3 is 1.53 bits per heavy atom. The average molecular weight is 544 g/mol. The van der Waals surface area contributed by atoms with Crippen LogP contribution in [0.5, 0.6) is 0 Å². The summed E-state index contributed by atoms with van der Waals surface area (Å²) in [5, 5.41) is -1.23. The fraction of sp³-hybridized carbons (Fsp3) is 0.741. The maximum atomic E-state index is 14.4. The molecule has 9 heteroatoms. The SMILES string of the molecule is C#CCOP(=O)(OC(C)C)C(Cc1cc(C(C)(C)C)nc(C(C)(C)C)c1)P(=O)(OC(C)C)OC(C)C. The zero-order valence-corrected chi connectivity index (χ0v) is 26.0. The summed E-state index contributed by atoms with van der Waals surface area (Å²) < 4.78 is 52.2. The van der Waals surface area contributed by atoms with Gasteiger partial charge in [0.15, 0.2) is 5.40 Å². The van der Waals surface area contributed by atoms with E-state index in [1.54, 1.807) is 41.5 Å². The molecule has 0 fully saturated rings. The number of pyridine rings is 1. The van der Waals surface area contributed by atoms with Crippen LogP contribution in [-0.2, 0) is 44.5 Å². The summed E-state index contributed by atoms with van der Waals surface area (Å²) in [5.41, 5.74) is 2.06. The normalized spacial score (nSPS) is 15.8. The highest BCUT2D eigenvalue weighted by Crippen LogP contribution is 2.72. The second-order valence-corrected chi connectivity index (χ2v) is 16.7. The Morgan fingerprint density at radius 1 is 0.806 bits per heavy atom. The minimum absolute atomic E-state index is 0.0694. The van der Waals surface area contributed by atoms with Gasteiger partial charge in [-0.05, 0) is 65.7 Å². The van der Waals surface area contributed by atoms with Gasteiger partial charge in [0, 0.05) is 22.2 Å². The largest absolute Gasteiger partial charge is 0.347 e. The second kappa shape index (κ2) is 12.7. The van der Waals surface area contributed by atoms with Crippen molar-refractivity contribution in [2.45, 2.75) is 124 Å². The van der Waals surface area contributed by atoms with Crippen molar-refractivity contribution < 1.29 is 27.2 Å². The van der Waals surface area contributed by atoms with Crippen LogP contribution in [0.15, 0.2) is 12.1 Å². The van der Waals surface area contributed by atoms with E-state index in [2.05, 4.69) is 47.5 Å². The maximum absolute atomic E-state index is 14.4. The number of nitrogens with zero attached hydrogens (tertiary/aromatic N) is 1. The topological polar surface area (TPSA) is 84.0 Å². The van der Waals surface area contributed by atoms with E-state index in [9.17, 15) is 9.13 Å². The van der Waals surface area contributed by atoms with Crippen molar-refractivity contribution in [3.63, 3.8) is 0 Å². The van der Waals surface area contributed by atoms with E-state index in [4.69, 9.17) is 29.5 Å². The summed E-state index contributed by atoms with van der Waals surface area (Å²) in [4.78, 5) is 4.91. The van der Waals surface area contributed by atoms with Crippen molar-refractivity contribution >= 4 is 15.2 Å². The Balaban J connectivity index is 3.90. The Hall–Kier alpha value is -0.990. The first-order valence-corrected chi connectivity index (χ1v) is 15.8. The maximum Gasteiger partial charge on any atom is 0.347 e. The zero-order valence-electron chi connectivity index (χ0n) is 24.2. The lowest BCUT2D eigenvalue weighted by Gasteiger charge is -2.34. The summed E-state index contributed by atoms with van der Waals surface area (Å²) in [5.74, 6) is 2.35. The van der Waals surface area contributed by atoms with E-state index in [0.29, 0.717) is 0 Å². The Labute approximate surface area is 219 Å². The van der Waals surface area contributed by atoms with Gasteiger partial charge < -0.3 is 13.6 Å². The van der Waals surface area contributed by atoms with Crippen molar-refractivity contribution in [1.82, 2.24) is 4.98 Å². The minimum atomic E-state index is -4.09. The molecule has 1 aromatic heterocycles. The van der Waals surface area contributed by atoms with Crippen LogP contribution in [-0.4, -0.2) is 35.3 Å². The molecule has 36 heavy (non-hydrogen) atoms. The Bertz CT molecular complexity index is 953. The number of hydrogen-bond donors (Lipinski definition) is 0. The van der Waals surface area contributed by atoms with Gasteiger partial charge in [-0.3, -0.25) is 18.6 Å². The van der Waals surface area contributed by atoms with Gasteiger partial charge in [-0.2, -0.15) is 0 Å². The molecular formula is C27H47NO6P2. The first-order chi connectivity index (χ1) is 16.2. The molecule has 0 N–H and O–H groups in total. The number of hydrogen-bond acceptors (Lipinski definition) is 7. The van der Waals surface area contributed by atoms with Gasteiger partial charge in [-0.1, -0.05) is 47.5 Å². The third-order valence-corrected chi connectivity index (χ3v) is 11.1. The zero-order chi connectivity index (χ0) is 28.1. The van der Waals surface area contributed by atoms with Gasteiger partial charge in [0.05, 0.1) is 18.3 Å². The van der Waals surface area contributed by atoms with Crippen LogP contribution in [0.4, 0.5) is 0 Å². The van der Waals surface area contributed by atoms with Crippen molar-refractivity contribution in [3.8, 4) is 12.3 Å². The van der Waals surface area contributed by atoms with E-state index in [0.717, 1.165) is 17.0 Å². The van der Waals surface area contributed by atoms with Crippen LogP contribution in [0.2, 0.25) is 0 Å². The lowest BCUT2D eigenvalue weighted by Crippen LogP contribution is -2.25. The highest BCUT2D eigenvalue weighted by atomic mass is 31.2. The molecule has 7 nitrogen and oxygen atoms in total. The van der Waals surface area contributed by atoms with Crippen LogP contribution in [0.25, 0.3) is 0 Å². The Morgan fingerprint density at radius 2 is 1.19 bits per heavy atom. The van der Waals surface area contributed by atoms with E-state index >= 15 is 0 Å². The van der Waals surface area contributed by atoms with Gasteiger partial charge in [-0.15, -0.1) is 6.42 Å². The predicted octanol–water partition coefficient (Wildman–Crippen LogP) is 7.86. The number of terminal acetylenes is 1. The summed E-state index contributed by atoms with van der Waals surface area (Å²) in [6.07, 6.45) is 4.12. The molecule has 1 heterocycles. The molecule has 0 aliphatic rings. The van der Waals surface area contributed by atoms with Crippen molar-refractivity contribution in [3.05, 3.63) is 29.1 Å². The average Bonchev–Trinajstić information content (AvgIpc) is 2.67. The molecule has 2 atom stereocenters. The molecule has 0 saturated heterocycles.